The average molecular weight is 154 g/mol. The fraction of sp³-hybridized carbons (Fsp3) is 0.600. The van der Waals surface area contributed by atoms with Crippen molar-refractivity contribution < 1.29 is 4.74 Å². The van der Waals surface area contributed by atoms with E-state index in [-0.39, 0.29) is 0 Å². The topological polar surface area (TPSA) is 9.23 Å². The molecule has 0 aliphatic heterocycles. The molecule has 0 atom stereocenters. The molecule has 1 nitrogen and oxygen atoms in total. The lowest BCUT2D eigenvalue weighted by Crippen LogP contribution is -1.94. The van der Waals surface area contributed by atoms with Crippen molar-refractivity contribution in [3.05, 3.63) is 24.0 Å². The van der Waals surface area contributed by atoms with Crippen LogP contribution in [0.3, 0.4) is 0 Å². The Labute approximate surface area is 69.8 Å². The van der Waals surface area contributed by atoms with E-state index in [1.165, 1.54) is 5.57 Å². The third-order valence-electron chi connectivity index (χ3n) is 1.49. The molecule has 1 heteroatoms. The molecule has 0 rings (SSSR count). The standard InChI is InChI=1S/C10H18O/c1-5-10(6-2)11-8-7-9(3)4/h5H,3,6-8H2,1-2,4H3. The third-order valence-corrected chi connectivity index (χ3v) is 1.49. The Morgan fingerprint density at radius 3 is 2.55 bits per heavy atom. The van der Waals surface area contributed by atoms with Crippen molar-refractivity contribution in [3.8, 4) is 0 Å². The van der Waals surface area contributed by atoms with Gasteiger partial charge in [0.2, 0.25) is 0 Å². The van der Waals surface area contributed by atoms with Gasteiger partial charge in [-0.05, 0) is 19.9 Å². The van der Waals surface area contributed by atoms with Gasteiger partial charge in [0.15, 0.2) is 0 Å². The van der Waals surface area contributed by atoms with Crippen LogP contribution in [0.1, 0.15) is 33.6 Å². The Hall–Kier alpha value is -0.720. The summed E-state index contributed by atoms with van der Waals surface area (Å²) < 4.78 is 5.45. The normalized spacial score (nSPS) is 11.4. The van der Waals surface area contributed by atoms with E-state index in [2.05, 4.69) is 13.5 Å². The van der Waals surface area contributed by atoms with Gasteiger partial charge in [0.05, 0.1) is 12.4 Å². The summed E-state index contributed by atoms with van der Waals surface area (Å²) in [6.07, 6.45) is 3.95. The molecule has 0 N–H and O–H groups in total. The number of hydrogen-bond acceptors (Lipinski definition) is 1. The van der Waals surface area contributed by atoms with Crippen LogP contribution in [0.15, 0.2) is 24.0 Å². The maximum Gasteiger partial charge on any atom is 0.0914 e. The summed E-state index contributed by atoms with van der Waals surface area (Å²) in [6, 6.07) is 0. The van der Waals surface area contributed by atoms with Crippen LogP contribution >= 0.6 is 0 Å². The first kappa shape index (κ1) is 10.3. The van der Waals surface area contributed by atoms with Crippen molar-refractivity contribution in [2.75, 3.05) is 6.61 Å². The Balaban J connectivity index is 3.45. The average Bonchev–Trinajstić information content (AvgIpc) is 1.98. The SMILES string of the molecule is C=C(C)CCOC(=CC)CC. The van der Waals surface area contributed by atoms with Crippen LogP contribution in [0.2, 0.25) is 0 Å². The first-order chi connectivity index (χ1) is 5.20. The molecule has 0 bridgehead atoms. The van der Waals surface area contributed by atoms with Gasteiger partial charge in [0, 0.05) is 12.8 Å². The van der Waals surface area contributed by atoms with Gasteiger partial charge in [-0.15, -0.1) is 6.58 Å². The van der Waals surface area contributed by atoms with E-state index in [9.17, 15) is 0 Å². The molecule has 0 fully saturated rings. The molecule has 64 valence electrons. The summed E-state index contributed by atoms with van der Waals surface area (Å²) in [5.41, 5.74) is 1.18. The zero-order valence-electron chi connectivity index (χ0n) is 7.81. The van der Waals surface area contributed by atoms with Gasteiger partial charge < -0.3 is 4.74 Å². The van der Waals surface area contributed by atoms with Gasteiger partial charge >= 0.3 is 0 Å². The van der Waals surface area contributed by atoms with E-state index in [1.54, 1.807) is 0 Å². The van der Waals surface area contributed by atoms with Crippen molar-refractivity contribution in [1.29, 1.82) is 0 Å². The van der Waals surface area contributed by atoms with Gasteiger partial charge in [-0.3, -0.25) is 0 Å². The summed E-state index contributed by atoms with van der Waals surface area (Å²) in [4.78, 5) is 0. The Morgan fingerprint density at radius 2 is 2.18 bits per heavy atom. The van der Waals surface area contributed by atoms with Crippen molar-refractivity contribution >= 4 is 0 Å². The Kier molecular flexibility index (Phi) is 5.63. The van der Waals surface area contributed by atoms with Crippen LogP contribution in [0, 0.1) is 0 Å². The van der Waals surface area contributed by atoms with E-state index < -0.39 is 0 Å². The van der Waals surface area contributed by atoms with Gasteiger partial charge in [-0.1, -0.05) is 12.5 Å². The van der Waals surface area contributed by atoms with Gasteiger partial charge in [0.1, 0.15) is 0 Å². The van der Waals surface area contributed by atoms with Crippen LogP contribution < -0.4 is 0 Å². The molecule has 0 aromatic heterocycles. The number of rotatable bonds is 5. The Morgan fingerprint density at radius 1 is 1.55 bits per heavy atom. The smallest absolute Gasteiger partial charge is 0.0914 e. The van der Waals surface area contributed by atoms with Crippen LogP contribution in [-0.4, -0.2) is 6.61 Å². The van der Waals surface area contributed by atoms with Gasteiger partial charge in [-0.25, -0.2) is 0 Å². The molecule has 0 aromatic rings. The van der Waals surface area contributed by atoms with Crippen molar-refractivity contribution in [2.24, 2.45) is 0 Å². The fourth-order valence-corrected chi connectivity index (χ4v) is 0.746. The predicted molar refractivity (Wildman–Crippen MR) is 49.4 cm³/mol. The summed E-state index contributed by atoms with van der Waals surface area (Å²) >= 11 is 0. The molecule has 0 aliphatic carbocycles. The number of hydrogen-bond donors (Lipinski definition) is 0. The molecule has 0 unspecified atom stereocenters. The summed E-state index contributed by atoms with van der Waals surface area (Å²) in [5.74, 6) is 1.08. The van der Waals surface area contributed by atoms with Gasteiger partial charge in [0.25, 0.3) is 0 Å². The molecule has 0 radical (unpaired) electrons. The molecule has 11 heavy (non-hydrogen) atoms. The molecule has 0 saturated heterocycles. The molecule has 0 saturated carbocycles. The molecule has 0 spiro atoms. The van der Waals surface area contributed by atoms with Gasteiger partial charge in [-0.2, -0.15) is 0 Å². The maximum absolute atomic E-state index is 5.45. The first-order valence-electron chi connectivity index (χ1n) is 4.13. The van der Waals surface area contributed by atoms with Crippen LogP contribution in [0.4, 0.5) is 0 Å². The van der Waals surface area contributed by atoms with E-state index in [4.69, 9.17) is 4.74 Å². The fourth-order valence-electron chi connectivity index (χ4n) is 0.746. The van der Waals surface area contributed by atoms with Crippen LogP contribution in [0.5, 0.6) is 0 Å². The largest absolute Gasteiger partial charge is 0.498 e. The molecule has 0 heterocycles. The molecule has 0 amide bonds. The van der Waals surface area contributed by atoms with Crippen molar-refractivity contribution in [2.45, 2.75) is 33.6 Å². The van der Waals surface area contributed by atoms with Crippen molar-refractivity contribution in [1.82, 2.24) is 0 Å². The lowest BCUT2D eigenvalue weighted by Gasteiger charge is -2.07. The quantitative estimate of drug-likeness (QED) is 0.436. The highest BCUT2D eigenvalue weighted by Crippen LogP contribution is 2.04. The van der Waals surface area contributed by atoms with Crippen LogP contribution in [0.25, 0.3) is 0 Å². The number of allylic oxidation sites excluding steroid dienone is 2. The first-order valence-corrected chi connectivity index (χ1v) is 4.13. The monoisotopic (exact) mass is 154 g/mol. The lowest BCUT2D eigenvalue weighted by atomic mass is 10.2. The second-order valence-electron chi connectivity index (χ2n) is 2.66. The predicted octanol–water partition coefficient (Wildman–Crippen LogP) is 3.28. The Bertz CT molecular complexity index is 145. The number of ether oxygens (including phenoxy) is 1. The minimum absolute atomic E-state index is 0.767. The van der Waals surface area contributed by atoms with Crippen LogP contribution in [-0.2, 0) is 4.74 Å². The van der Waals surface area contributed by atoms with E-state index in [0.717, 1.165) is 25.2 Å². The summed E-state index contributed by atoms with van der Waals surface area (Å²) in [5, 5.41) is 0. The van der Waals surface area contributed by atoms with Crippen molar-refractivity contribution in [3.63, 3.8) is 0 Å². The second kappa shape index (κ2) is 6.02. The highest BCUT2D eigenvalue weighted by Gasteiger charge is 1.92. The van der Waals surface area contributed by atoms with E-state index in [0.29, 0.717) is 0 Å². The minimum Gasteiger partial charge on any atom is -0.498 e. The zero-order chi connectivity index (χ0) is 8.69. The summed E-state index contributed by atoms with van der Waals surface area (Å²) in [7, 11) is 0. The molecular formula is C10H18O. The highest BCUT2D eigenvalue weighted by molar-refractivity contribution is 4.91. The van der Waals surface area contributed by atoms with E-state index >= 15 is 0 Å². The zero-order valence-corrected chi connectivity index (χ0v) is 7.81. The molecular weight excluding hydrogens is 136 g/mol. The second-order valence-corrected chi connectivity index (χ2v) is 2.66. The maximum atomic E-state index is 5.45. The van der Waals surface area contributed by atoms with E-state index in [1.807, 2.05) is 19.9 Å². The highest BCUT2D eigenvalue weighted by atomic mass is 16.5. The molecule has 0 aliphatic rings. The molecule has 0 aromatic carbocycles. The summed E-state index contributed by atoms with van der Waals surface area (Å²) in [6.45, 7) is 10.7. The third kappa shape index (κ3) is 5.71. The lowest BCUT2D eigenvalue weighted by molar-refractivity contribution is 0.207. The minimum atomic E-state index is 0.767.